The van der Waals surface area contributed by atoms with E-state index in [9.17, 15) is 4.79 Å². The normalized spacial score (nSPS) is 9.08. The van der Waals surface area contributed by atoms with Gasteiger partial charge >= 0.3 is 5.97 Å². The lowest BCUT2D eigenvalue weighted by Gasteiger charge is -2.06. The van der Waals surface area contributed by atoms with Crippen molar-refractivity contribution in [2.75, 3.05) is 5.73 Å². The summed E-state index contributed by atoms with van der Waals surface area (Å²) in [4.78, 5) is 10.7. The van der Waals surface area contributed by atoms with Crippen LogP contribution >= 0.6 is 12.4 Å². The number of halogens is 1. The molecule has 0 atom stereocenters. The molecule has 0 heterocycles. The molecule has 0 saturated carbocycles. The van der Waals surface area contributed by atoms with Crippen LogP contribution in [-0.2, 0) is 0 Å². The van der Waals surface area contributed by atoms with E-state index in [0.29, 0.717) is 11.3 Å². The van der Waals surface area contributed by atoms with Gasteiger partial charge in [-0.2, -0.15) is 0 Å². The predicted octanol–water partition coefficient (Wildman–Crippen LogP) is 2.01. The number of nitrogens with two attached hydrogens (primary N) is 1. The number of aromatic carboxylic acids is 1. The van der Waals surface area contributed by atoms with Gasteiger partial charge in [-0.25, -0.2) is 4.79 Å². The first-order chi connectivity index (χ1) is 5.54. The molecule has 1 rings (SSSR count). The first kappa shape index (κ1) is 11.8. The molecule has 0 saturated heterocycles. The van der Waals surface area contributed by atoms with E-state index in [2.05, 4.69) is 0 Å². The maximum absolute atomic E-state index is 10.7. The third-order valence-electron chi connectivity index (χ3n) is 1.89. The van der Waals surface area contributed by atoms with Gasteiger partial charge in [0, 0.05) is 5.69 Å². The van der Waals surface area contributed by atoms with E-state index in [1.807, 2.05) is 6.07 Å². The molecule has 0 aliphatic carbocycles. The number of hydrogen-bond donors (Lipinski definition) is 2. The van der Waals surface area contributed by atoms with Crippen LogP contribution in [0.3, 0.4) is 0 Å². The molecule has 0 radical (unpaired) electrons. The molecule has 3 nitrogen and oxygen atoms in total. The van der Waals surface area contributed by atoms with Crippen molar-refractivity contribution in [1.82, 2.24) is 0 Å². The smallest absolute Gasteiger partial charge is 0.338 e. The Kier molecular flexibility index (Phi) is 3.75. The molecule has 4 heteroatoms. The average molecular weight is 202 g/mol. The summed E-state index contributed by atoms with van der Waals surface area (Å²) < 4.78 is 0. The highest BCUT2D eigenvalue weighted by atomic mass is 35.5. The van der Waals surface area contributed by atoms with Crippen molar-refractivity contribution in [2.24, 2.45) is 0 Å². The monoisotopic (exact) mass is 201 g/mol. The average Bonchev–Trinajstić information content (AvgIpc) is 1.97. The molecule has 0 amide bonds. The number of hydrogen-bond acceptors (Lipinski definition) is 2. The van der Waals surface area contributed by atoms with Gasteiger partial charge in [0.1, 0.15) is 0 Å². The number of aryl methyl sites for hydroxylation is 2. The molecule has 1 aromatic rings. The fourth-order valence-electron chi connectivity index (χ4n) is 1.12. The standard InChI is InChI=1S/C9H11NO2.ClH/c1-5-3-4-6(2)8(10)7(5)9(11)12;/h3-4H,10H2,1-2H3,(H,11,12);1H. The van der Waals surface area contributed by atoms with Crippen molar-refractivity contribution in [1.29, 1.82) is 0 Å². The van der Waals surface area contributed by atoms with Gasteiger partial charge < -0.3 is 10.8 Å². The SMILES string of the molecule is Cc1ccc(C)c(C(=O)O)c1N.Cl. The Labute approximate surface area is 83.0 Å². The Morgan fingerprint density at radius 1 is 1.31 bits per heavy atom. The van der Waals surface area contributed by atoms with Crippen molar-refractivity contribution >= 4 is 24.1 Å². The lowest BCUT2D eigenvalue weighted by Crippen LogP contribution is -2.06. The second-order valence-electron chi connectivity index (χ2n) is 2.79. The number of rotatable bonds is 1. The zero-order chi connectivity index (χ0) is 9.30. The van der Waals surface area contributed by atoms with E-state index in [0.717, 1.165) is 5.56 Å². The minimum absolute atomic E-state index is 0. The van der Waals surface area contributed by atoms with Crippen LogP contribution in [-0.4, -0.2) is 11.1 Å². The van der Waals surface area contributed by atoms with Crippen LogP contribution < -0.4 is 5.73 Å². The maximum Gasteiger partial charge on any atom is 0.338 e. The van der Waals surface area contributed by atoms with Gasteiger partial charge in [-0.05, 0) is 25.0 Å². The number of carboxylic acid groups (broad SMARTS) is 1. The van der Waals surface area contributed by atoms with Crippen LogP contribution in [0.5, 0.6) is 0 Å². The van der Waals surface area contributed by atoms with Crippen molar-refractivity contribution in [3.63, 3.8) is 0 Å². The van der Waals surface area contributed by atoms with Gasteiger partial charge in [-0.3, -0.25) is 0 Å². The van der Waals surface area contributed by atoms with Crippen molar-refractivity contribution in [3.8, 4) is 0 Å². The topological polar surface area (TPSA) is 63.3 Å². The second kappa shape index (κ2) is 4.14. The van der Waals surface area contributed by atoms with E-state index >= 15 is 0 Å². The summed E-state index contributed by atoms with van der Waals surface area (Å²) in [6.45, 7) is 3.53. The zero-order valence-corrected chi connectivity index (χ0v) is 8.31. The lowest BCUT2D eigenvalue weighted by atomic mass is 10.0. The molecular weight excluding hydrogens is 190 g/mol. The predicted molar refractivity (Wildman–Crippen MR) is 54.5 cm³/mol. The summed E-state index contributed by atoms with van der Waals surface area (Å²) in [5, 5.41) is 8.79. The number of carboxylic acids is 1. The molecular formula is C9H12ClNO2. The number of benzene rings is 1. The van der Waals surface area contributed by atoms with E-state index in [4.69, 9.17) is 10.8 Å². The molecule has 13 heavy (non-hydrogen) atoms. The zero-order valence-electron chi connectivity index (χ0n) is 7.50. The summed E-state index contributed by atoms with van der Waals surface area (Å²) in [5.74, 6) is -0.964. The van der Waals surface area contributed by atoms with Gasteiger partial charge in [-0.1, -0.05) is 12.1 Å². The van der Waals surface area contributed by atoms with E-state index in [1.165, 1.54) is 0 Å². The highest BCUT2D eigenvalue weighted by Crippen LogP contribution is 2.20. The lowest BCUT2D eigenvalue weighted by molar-refractivity contribution is 0.0697. The van der Waals surface area contributed by atoms with E-state index in [-0.39, 0.29) is 18.0 Å². The molecule has 72 valence electrons. The Morgan fingerprint density at radius 3 is 2.15 bits per heavy atom. The van der Waals surface area contributed by atoms with Crippen molar-refractivity contribution in [3.05, 3.63) is 28.8 Å². The number of anilines is 1. The molecule has 0 unspecified atom stereocenters. The van der Waals surface area contributed by atoms with Gasteiger partial charge in [0.05, 0.1) is 5.56 Å². The van der Waals surface area contributed by atoms with Crippen LogP contribution in [0.2, 0.25) is 0 Å². The largest absolute Gasteiger partial charge is 0.478 e. The molecule has 1 aromatic carbocycles. The molecule has 0 aliphatic heterocycles. The third kappa shape index (κ3) is 2.12. The Hall–Kier alpha value is -1.22. The Morgan fingerprint density at radius 2 is 1.77 bits per heavy atom. The minimum Gasteiger partial charge on any atom is -0.478 e. The van der Waals surface area contributed by atoms with Crippen molar-refractivity contribution < 1.29 is 9.90 Å². The van der Waals surface area contributed by atoms with Crippen LogP contribution in [0.4, 0.5) is 5.69 Å². The Bertz CT molecular complexity index is 337. The Balaban J connectivity index is 0.00000144. The van der Waals surface area contributed by atoms with E-state index in [1.54, 1.807) is 19.9 Å². The van der Waals surface area contributed by atoms with Crippen molar-refractivity contribution in [2.45, 2.75) is 13.8 Å². The molecule has 0 aliphatic rings. The minimum atomic E-state index is -0.964. The van der Waals surface area contributed by atoms with Gasteiger partial charge in [0.15, 0.2) is 0 Å². The summed E-state index contributed by atoms with van der Waals surface area (Å²) in [6, 6.07) is 3.58. The maximum atomic E-state index is 10.7. The first-order valence-corrected chi connectivity index (χ1v) is 3.63. The number of nitrogen functional groups attached to an aromatic ring is 1. The molecule has 0 fully saturated rings. The highest BCUT2D eigenvalue weighted by Gasteiger charge is 2.11. The van der Waals surface area contributed by atoms with Crippen LogP contribution in [0, 0.1) is 13.8 Å². The molecule has 0 spiro atoms. The summed E-state index contributed by atoms with van der Waals surface area (Å²) >= 11 is 0. The quantitative estimate of drug-likeness (QED) is 0.684. The fraction of sp³-hybridized carbons (Fsp3) is 0.222. The van der Waals surface area contributed by atoms with Gasteiger partial charge in [-0.15, -0.1) is 12.4 Å². The van der Waals surface area contributed by atoms with Gasteiger partial charge in [0.25, 0.3) is 0 Å². The fourth-order valence-corrected chi connectivity index (χ4v) is 1.12. The molecule has 3 N–H and O–H groups in total. The highest BCUT2D eigenvalue weighted by molar-refractivity contribution is 5.96. The van der Waals surface area contributed by atoms with Crippen LogP contribution in [0.1, 0.15) is 21.5 Å². The van der Waals surface area contributed by atoms with Crippen LogP contribution in [0.25, 0.3) is 0 Å². The van der Waals surface area contributed by atoms with Crippen LogP contribution in [0.15, 0.2) is 12.1 Å². The van der Waals surface area contributed by atoms with E-state index < -0.39 is 5.97 Å². The molecule has 0 bridgehead atoms. The number of carbonyl (C=O) groups is 1. The molecule has 0 aromatic heterocycles. The third-order valence-corrected chi connectivity index (χ3v) is 1.89. The summed E-state index contributed by atoms with van der Waals surface area (Å²) in [7, 11) is 0. The second-order valence-corrected chi connectivity index (χ2v) is 2.79. The first-order valence-electron chi connectivity index (χ1n) is 3.63. The summed E-state index contributed by atoms with van der Waals surface area (Å²) in [5.41, 5.74) is 7.69. The van der Waals surface area contributed by atoms with Gasteiger partial charge in [0.2, 0.25) is 0 Å². The summed E-state index contributed by atoms with van der Waals surface area (Å²) in [6.07, 6.45) is 0.